The molecule has 0 saturated heterocycles. The molecule has 5 heteroatoms. The van der Waals surface area contributed by atoms with Crippen LogP contribution in [0.1, 0.15) is 6.92 Å². The van der Waals surface area contributed by atoms with Crippen molar-refractivity contribution >= 4 is 29.4 Å². The third-order valence-electron chi connectivity index (χ3n) is 1.25. The van der Waals surface area contributed by atoms with Gasteiger partial charge < -0.3 is 5.32 Å². The van der Waals surface area contributed by atoms with E-state index in [-0.39, 0.29) is 11.5 Å². The van der Waals surface area contributed by atoms with Crippen LogP contribution in [-0.2, 0) is 4.79 Å². The van der Waals surface area contributed by atoms with E-state index < -0.39 is 0 Å². The first-order chi connectivity index (χ1) is 5.79. The van der Waals surface area contributed by atoms with E-state index in [0.29, 0.717) is 5.88 Å². The van der Waals surface area contributed by atoms with Crippen molar-refractivity contribution in [3.63, 3.8) is 0 Å². The van der Waals surface area contributed by atoms with Gasteiger partial charge in [0.2, 0.25) is 0 Å². The highest BCUT2D eigenvalue weighted by Gasteiger charge is 2.20. The quantitative estimate of drug-likeness (QED) is 0.730. The van der Waals surface area contributed by atoms with Gasteiger partial charge in [-0.2, -0.15) is 5.26 Å². The van der Waals surface area contributed by atoms with E-state index in [1.165, 1.54) is 11.8 Å². The Bertz CT molecular complexity index is 267. The Hall–Kier alpha value is -0.600. The normalized spacial score (nSPS) is 17.2. The minimum atomic E-state index is -0.243. The molecular formula is C7H8N2OS2. The lowest BCUT2D eigenvalue weighted by atomic mass is 10.3. The third kappa shape index (κ3) is 1.96. The molecule has 0 aromatic rings. The summed E-state index contributed by atoms with van der Waals surface area (Å²) in [6.45, 7) is 2.00. The van der Waals surface area contributed by atoms with Crippen LogP contribution in [0.25, 0.3) is 0 Å². The maximum absolute atomic E-state index is 11.1. The minimum Gasteiger partial charge on any atom is -0.342 e. The van der Waals surface area contributed by atoms with Crippen LogP contribution in [0.4, 0.5) is 0 Å². The second-order valence-electron chi connectivity index (χ2n) is 2.00. The van der Waals surface area contributed by atoms with Gasteiger partial charge in [-0.25, -0.2) is 0 Å². The fourth-order valence-corrected chi connectivity index (χ4v) is 2.79. The summed E-state index contributed by atoms with van der Waals surface area (Å²) >= 11 is 3.06. The van der Waals surface area contributed by atoms with Crippen molar-refractivity contribution in [1.82, 2.24) is 5.32 Å². The van der Waals surface area contributed by atoms with Crippen molar-refractivity contribution in [1.29, 1.82) is 5.26 Å². The molecule has 1 amide bonds. The van der Waals surface area contributed by atoms with Gasteiger partial charge in [-0.15, -0.1) is 11.8 Å². The second-order valence-corrected chi connectivity index (χ2v) is 4.52. The summed E-state index contributed by atoms with van der Waals surface area (Å²) in [6.07, 6.45) is 0. The topological polar surface area (TPSA) is 52.9 Å². The monoisotopic (exact) mass is 200 g/mol. The zero-order valence-electron chi connectivity index (χ0n) is 6.59. The Morgan fingerprint density at radius 2 is 2.58 bits per heavy atom. The number of rotatable bonds is 2. The molecule has 1 aliphatic heterocycles. The lowest BCUT2D eigenvalue weighted by Crippen LogP contribution is -2.28. The van der Waals surface area contributed by atoms with Gasteiger partial charge in [0.25, 0.3) is 5.91 Å². The van der Waals surface area contributed by atoms with Crippen LogP contribution in [-0.4, -0.2) is 17.5 Å². The number of hydrogen-bond donors (Lipinski definition) is 1. The van der Waals surface area contributed by atoms with Crippen molar-refractivity contribution < 1.29 is 4.79 Å². The second kappa shape index (κ2) is 4.43. The molecule has 0 radical (unpaired) electrons. The molecule has 0 bridgehead atoms. The van der Waals surface area contributed by atoms with Crippen molar-refractivity contribution in [3.8, 4) is 6.07 Å². The van der Waals surface area contributed by atoms with E-state index in [1.807, 2.05) is 13.0 Å². The van der Waals surface area contributed by atoms with Gasteiger partial charge in [0.1, 0.15) is 11.6 Å². The Morgan fingerprint density at radius 1 is 1.83 bits per heavy atom. The first kappa shape index (κ1) is 9.49. The van der Waals surface area contributed by atoms with Crippen molar-refractivity contribution in [2.45, 2.75) is 6.92 Å². The van der Waals surface area contributed by atoms with E-state index in [4.69, 9.17) is 5.26 Å². The minimum absolute atomic E-state index is 0.243. The lowest BCUT2D eigenvalue weighted by Gasteiger charge is -2.14. The van der Waals surface area contributed by atoms with Gasteiger partial charge in [0, 0.05) is 0 Å². The van der Waals surface area contributed by atoms with Crippen LogP contribution in [0, 0.1) is 11.3 Å². The molecule has 1 rings (SSSR count). The molecule has 0 aliphatic carbocycles. The average Bonchev–Trinajstić information content (AvgIpc) is 2.05. The third-order valence-corrected chi connectivity index (χ3v) is 3.47. The van der Waals surface area contributed by atoms with Gasteiger partial charge in [0.15, 0.2) is 0 Å². The number of hydrogen-bond acceptors (Lipinski definition) is 4. The van der Waals surface area contributed by atoms with Crippen molar-refractivity contribution in [3.05, 3.63) is 9.81 Å². The summed E-state index contributed by atoms with van der Waals surface area (Å²) in [5.41, 5.74) is 0.262. The summed E-state index contributed by atoms with van der Waals surface area (Å²) in [6, 6.07) is 1.91. The van der Waals surface area contributed by atoms with Crippen LogP contribution >= 0.6 is 23.5 Å². The van der Waals surface area contributed by atoms with Gasteiger partial charge in [-0.3, -0.25) is 4.79 Å². The molecule has 0 unspecified atom stereocenters. The van der Waals surface area contributed by atoms with Crippen LogP contribution in [0.15, 0.2) is 9.81 Å². The Labute approximate surface area is 79.6 Å². The molecule has 3 nitrogen and oxygen atoms in total. The summed E-state index contributed by atoms with van der Waals surface area (Å²) in [5.74, 6) is 1.22. The molecule has 1 aliphatic rings. The van der Waals surface area contributed by atoms with Crippen LogP contribution in [0.5, 0.6) is 0 Å². The number of nitrogens with one attached hydrogen (secondary N) is 1. The van der Waals surface area contributed by atoms with Crippen LogP contribution < -0.4 is 5.32 Å². The maximum Gasteiger partial charge on any atom is 0.264 e. The number of carbonyl (C=O) groups is 1. The van der Waals surface area contributed by atoms with E-state index >= 15 is 0 Å². The first-order valence-corrected chi connectivity index (χ1v) is 5.45. The molecular weight excluding hydrogens is 192 g/mol. The van der Waals surface area contributed by atoms with Gasteiger partial charge in [-0.05, 0) is 5.75 Å². The molecule has 12 heavy (non-hydrogen) atoms. The molecule has 0 atom stereocenters. The maximum atomic E-state index is 11.1. The molecule has 64 valence electrons. The number of nitriles is 1. The largest absolute Gasteiger partial charge is 0.342 e. The molecule has 0 aromatic heterocycles. The summed E-state index contributed by atoms with van der Waals surface area (Å²) in [7, 11) is 0. The van der Waals surface area contributed by atoms with E-state index in [0.717, 1.165) is 9.99 Å². The summed E-state index contributed by atoms with van der Waals surface area (Å²) in [5, 5.41) is 11.3. The smallest absolute Gasteiger partial charge is 0.264 e. The highest BCUT2D eigenvalue weighted by Crippen LogP contribution is 2.32. The standard InChI is InChI=1S/C7H8N2OS2/c1-2-11-7-5(3-8)6(10)9-4-12-7/h2,4H2,1H3,(H,9,10). The van der Waals surface area contributed by atoms with E-state index in [1.54, 1.807) is 11.8 Å². The Kier molecular flexibility index (Phi) is 3.50. The molecule has 0 spiro atoms. The fraction of sp³-hybridized carbons (Fsp3) is 0.429. The fourth-order valence-electron chi connectivity index (χ4n) is 0.762. The highest BCUT2D eigenvalue weighted by molar-refractivity contribution is 8.22. The lowest BCUT2D eigenvalue weighted by molar-refractivity contribution is -0.116. The molecule has 0 fully saturated rings. The summed E-state index contributed by atoms with van der Waals surface area (Å²) < 4.78 is 0.851. The van der Waals surface area contributed by atoms with Gasteiger partial charge >= 0.3 is 0 Å². The molecule has 1 heterocycles. The molecule has 0 saturated carbocycles. The van der Waals surface area contributed by atoms with Gasteiger partial charge in [0.05, 0.1) is 10.1 Å². The van der Waals surface area contributed by atoms with Crippen molar-refractivity contribution in [2.75, 3.05) is 11.6 Å². The zero-order valence-corrected chi connectivity index (χ0v) is 8.22. The first-order valence-electron chi connectivity index (χ1n) is 3.47. The van der Waals surface area contributed by atoms with Crippen molar-refractivity contribution in [2.24, 2.45) is 0 Å². The average molecular weight is 200 g/mol. The number of carbonyl (C=O) groups excluding carboxylic acids is 1. The van der Waals surface area contributed by atoms with E-state index in [9.17, 15) is 4.79 Å². The Morgan fingerprint density at radius 3 is 3.17 bits per heavy atom. The SMILES string of the molecule is CCSC1=C(C#N)C(=O)NCS1. The molecule has 1 N–H and O–H groups in total. The summed E-state index contributed by atoms with van der Waals surface area (Å²) in [4.78, 5) is 11.1. The van der Waals surface area contributed by atoms with Crippen LogP contribution in [0.3, 0.4) is 0 Å². The highest BCUT2D eigenvalue weighted by atomic mass is 32.2. The Balaban J connectivity index is 2.88. The predicted molar refractivity (Wildman–Crippen MR) is 51.4 cm³/mol. The van der Waals surface area contributed by atoms with Gasteiger partial charge in [-0.1, -0.05) is 18.7 Å². The van der Waals surface area contributed by atoms with Crippen LogP contribution in [0.2, 0.25) is 0 Å². The van der Waals surface area contributed by atoms with E-state index in [2.05, 4.69) is 5.32 Å². The number of thioether (sulfide) groups is 2. The predicted octanol–water partition coefficient (Wildman–Crippen LogP) is 1.30. The number of amides is 1. The molecule has 0 aromatic carbocycles. The zero-order chi connectivity index (χ0) is 8.97. The number of nitrogens with zero attached hydrogens (tertiary/aromatic N) is 1.